The number of aryl methyl sites for hydroxylation is 1. The lowest BCUT2D eigenvalue weighted by Gasteiger charge is -2.21. The van der Waals surface area contributed by atoms with Gasteiger partial charge < -0.3 is 15.3 Å². The Balaban J connectivity index is 1.30. The van der Waals surface area contributed by atoms with Gasteiger partial charge in [0.15, 0.2) is 0 Å². The number of aliphatic hydroxyl groups is 1. The van der Waals surface area contributed by atoms with Crippen LogP contribution in [0.5, 0.6) is 0 Å². The number of aromatic nitrogens is 2. The van der Waals surface area contributed by atoms with Gasteiger partial charge in [0.1, 0.15) is 0 Å². The predicted octanol–water partition coefficient (Wildman–Crippen LogP) is 4.04. The van der Waals surface area contributed by atoms with Gasteiger partial charge in [-0.25, -0.2) is 0 Å². The van der Waals surface area contributed by atoms with Crippen molar-refractivity contribution in [1.29, 1.82) is 0 Å². The van der Waals surface area contributed by atoms with E-state index in [4.69, 9.17) is 11.6 Å². The van der Waals surface area contributed by atoms with E-state index in [1.807, 2.05) is 61.5 Å². The molecule has 0 bridgehead atoms. The number of hydrogen-bond acceptors (Lipinski definition) is 4. The molecular weight excluding hydrogens is 424 g/mol. The van der Waals surface area contributed by atoms with E-state index < -0.39 is 6.10 Å². The molecule has 0 saturated carbocycles. The Morgan fingerprint density at radius 1 is 1.19 bits per heavy atom. The SMILES string of the molecule is Cc1cc(CN(C)C(=O)c2ccc(C[C@@H]3CC[C@H](C(O)c4ccc(Cl)cc4)N3)cc2)n[nH]1. The molecule has 1 aromatic heterocycles. The average molecular weight is 453 g/mol. The van der Waals surface area contributed by atoms with Crippen LogP contribution in [0.3, 0.4) is 0 Å². The molecule has 0 spiro atoms. The molecule has 168 valence electrons. The van der Waals surface area contributed by atoms with E-state index in [1.54, 1.807) is 11.9 Å². The molecule has 3 N–H and O–H groups in total. The van der Waals surface area contributed by atoms with Crippen LogP contribution in [-0.4, -0.2) is 45.2 Å². The maximum Gasteiger partial charge on any atom is 0.253 e. The molecular formula is C25H29ClN4O2. The number of carbonyl (C=O) groups excluding carboxylic acids is 1. The summed E-state index contributed by atoms with van der Waals surface area (Å²) in [6, 6.07) is 17.5. The molecule has 0 aliphatic carbocycles. The van der Waals surface area contributed by atoms with Gasteiger partial charge in [-0.15, -0.1) is 0 Å². The highest BCUT2D eigenvalue weighted by molar-refractivity contribution is 6.30. The maximum atomic E-state index is 12.7. The fourth-order valence-electron chi connectivity index (χ4n) is 4.31. The molecule has 7 heteroatoms. The number of nitrogens with zero attached hydrogens (tertiary/aromatic N) is 2. The number of H-pyrrole nitrogens is 1. The second-order valence-electron chi connectivity index (χ2n) is 8.65. The van der Waals surface area contributed by atoms with Gasteiger partial charge in [0, 0.05) is 35.4 Å². The number of aliphatic hydroxyl groups excluding tert-OH is 1. The number of halogens is 1. The zero-order valence-corrected chi connectivity index (χ0v) is 19.1. The number of benzene rings is 2. The largest absolute Gasteiger partial charge is 0.387 e. The number of nitrogens with one attached hydrogen (secondary N) is 2. The van der Waals surface area contributed by atoms with E-state index in [1.165, 1.54) is 5.56 Å². The summed E-state index contributed by atoms with van der Waals surface area (Å²) in [7, 11) is 1.79. The molecule has 2 aromatic carbocycles. The lowest BCUT2D eigenvalue weighted by Crippen LogP contribution is -2.35. The molecule has 3 atom stereocenters. The van der Waals surface area contributed by atoms with Gasteiger partial charge in [0.05, 0.1) is 18.3 Å². The fourth-order valence-corrected chi connectivity index (χ4v) is 4.44. The Labute approximate surface area is 193 Å². The van der Waals surface area contributed by atoms with Crippen molar-refractivity contribution < 1.29 is 9.90 Å². The second kappa shape index (κ2) is 9.86. The highest BCUT2D eigenvalue weighted by Crippen LogP contribution is 2.27. The lowest BCUT2D eigenvalue weighted by atomic mass is 10.0. The quantitative estimate of drug-likeness (QED) is 0.505. The molecule has 3 aromatic rings. The Kier molecular flexibility index (Phi) is 6.94. The molecule has 1 fully saturated rings. The molecule has 0 radical (unpaired) electrons. The first-order valence-electron chi connectivity index (χ1n) is 10.9. The molecule has 1 unspecified atom stereocenters. The van der Waals surface area contributed by atoms with E-state index in [2.05, 4.69) is 15.5 Å². The number of amides is 1. The summed E-state index contributed by atoms with van der Waals surface area (Å²) >= 11 is 5.95. The fraction of sp³-hybridized carbons (Fsp3) is 0.360. The van der Waals surface area contributed by atoms with Crippen LogP contribution in [0.4, 0.5) is 0 Å². The molecule has 4 rings (SSSR count). The molecule has 6 nitrogen and oxygen atoms in total. The monoisotopic (exact) mass is 452 g/mol. The Morgan fingerprint density at radius 3 is 2.56 bits per heavy atom. The van der Waals surface area contributed by atoms with E-state index in [0.717, 1.165) is 36.2 Å². The van der Waals surface area contributed by atoms with E-state index in [9.17, 15) is 9.90 Å². The lowest BCUT2D eigenvalue weighted by molar-refractivity contribution is 0.0783. The molecule has 1 aliphatic heterocycles. The van der Waals surface area contributed by atoms with Gasteiger partial charge in [-0.1, -0.05) is 35.9 Å². The summed E-state index contributed by atoms with van der Waals surface area (Å²) in [5, 5.41) is 22.0. The summed E-state index contributed by atoms with van der Waals surface area (Å²) < 4.78 is 0. The maximum absolute atomic E-state index is 12.7. The van der Waals surface area contributed by atoms with Crippen molar-refractivity contribution in [2.45, 2.75) is 50.9 Å². The van der Waals surface area contributed by atoms with Crippen molar-refractivity contribution in [3.8, 4) is 0 Å². The smallest absolute Gasteiger partial charge is 0.253 e. The van der Waals surface area contributed by atoms with Crippen LogP contribution in [0.15, 0.2) is 54.6 Å². The van der Waals surface area contributed by atoms with Gasteiger partial charge >= 0.3 is 0 Å². The molecule has 1 aliphatic rings. The minimum atomic E-state index is -0.550. The topological polar surface area (TPSA) is 81.2 Å². The van der Waals surface area contributed by atoms with Crippen LogP contribution >= 0.6 is 11.6 Å². The molecule has 1 amide bonds. The van der Waals surface area contributed by atoms with Gasteiger partial charge in [-0.3, -0.25) is 9.89 Å². The zero-order chi connectivity index (χ0) is 22.7. The van der Waals surface area contributed by atoms with Crippen molar-refractivity contribution in [3.63, 3.8) is 0 Å². The number of hydrogen-bond donors (Lipinski definition) is 3. The molecule has 1 saturated heterocycles. The number of rotatable bonds is 7. The third kappa shape index (κ3) is 5.38. The second-order valence-corrected chi connectivity index (χ2v) is 9.08. The van der Waals surface area contributed by atoms with Crippen LogP contribution in [0.2, 0.25) is 5.02 Å². The Bertz CT molecular complexity index is 1050. The van der Waals surface area contributed by atoms with Gasteiger partial charge in [0.2, 0.25) is 0 Å². The first kappa shape index (κ1) is 22.5. The van der Waals surface area contributed by atoms with Gasteiger partial charge in [0.25, 0.3) is 5.91 Å². The van der Waals surface area contributed by atoms with Crippen LogP contribution in [0, 0.1) is 6.92 Å². The van der Waals surface area contributed by atoms with E-state index in [-0.39, 0.29) is 11.9 Å². The van der Waals surface area contributed by atoms with Crippen molar-refractivity contribution >= 4 is 17.5 Å². The summed E-state index contributed by atoms with van der Waals surface area (Å²) in [6.45, 7) is 2.41. The number of carbonyl (C=O) groups is 1. The average Bonchev–Trinajstić information content (AvgIpc) is 3.42. The summed E-state index contributed by atoms with van der Waals surface area (Å²) in [5.41, 5.74) is 4.54. The van der Waals surface area contributed by atoms with Crippen molar-refractivity contribution in [2.24, 2.45) is 0 Å². The molecule has 2 heterocycles. The summed E-state index contributed by atoms with van der Waals surface area (Å²) in [6.07, 6.45) is 2.23. The van der Waals surface area contributed by atoms with Crippen molar-refractivity contribution in [2.75, 3.05) is 7.05 Å². The van der Waals surface area contributed by atoms with Gasteiger partial charge in [-0.2, -0.15) is 5.10 Å². The highest BCUT2D eigenvalue weighted by atomic mass is 35.5. The first-order valence-corrected chi connectivity index (χ1v) is 11.3. The van der Waals surface area contributed by atoms with E-state index >= 15 is 0 Å². The third-order valence-electron chi connectivity index (χ3n) is 6.06. The Hall–Kier alpha value is -2.67. The first-order chi connectivity index (χ1) is 15.4. The minimum Gasteiger partial charge on any atom is -0.387 e. The van der Waals surface area contributed by atoms with Crippen LogP contribution < -0.4 is 5.32 Å². The van der Waals surface area contributed by atoms with Crippen LogP contribution in [-0.2, 0) is 13.0 Å². The molecule has 32 heavy (non-hydrogen) atoms. The summed E-state index contributed by atoms with van der Waals surface area (Å²) in [4.78, 5) is 14.4. The normalized spacial score (nSPS) is 19.1. The van der Waals surface area contributed by atoms with Crippen molar-refractivity contribution in [1.82, 2.24) is 20.4 Å². The predicted molar refractivity (Wildman–Crippen MR) is 126 cm³/mol. The van der Waals surface area contributed by atoms with Crippen LogP contribution in [0.25, 0.3) is 0 Å². The standard InChI is InChI=1S/C25H29ClN4O2/c1-16-13-22(29-28-16)15-30(2)25(32)19-5-3-17(4-6-19)14-21-11-12-23(27-21)24(31)18-7-9-20(26)10-8-18/h3-10,13,21,23-24,27,31H,11-12,14-15H2,1-2H3,(H,28,29)/t21-,23+,24?/m0/s1. The van der Waals surface area contributed by atoms with Crippen LogP contribution in [0.1, 0.15) is 51.8 Å². The number of aromatic amines is 1. The van der Waals surface area contributed by atoms with Crippen molar-refractivity contribution in [3.05, 3.63) is 87.7 Å². The minimum absolute atomic E-state index is 0.0256. The van der Waals surface area contributed by atoms with E-state index in [0.29, 0.717) is 23.2 Å². The highest BCUT2D eigenvalue weighted by Gasteiger charge is 2.30. The zero-order valence-electron chi connectivity index (χ0n) is 18.4. The Morgan fingerprint density at radius 2 is 1.91 bits per heavy atom. The summed E-state index contributed by atoms with van der Waals surface area (Å²) in [5.74, 6) is -0.0256. The van der Waals surface area contributed by atoms with Gasteiger partial charge in [-0.05, 0) is 67.6 Å². The third-order valence-corrected chi connectivity index (χ3v) is 6.31.